The maximum atomic E-state index is 13.1. The van der Waals surface area contributed by atoms with Gasteiger partial charge < -0.3 is 9.97 Å². The molecule has 0 bridgehead atoms. The number of pyridine rings is 2. The number of hydrogen-bond donors (Lipinski definition) is 2. The number of H-pyrrole nitrogens is 2. The van der Waals surface area contributed by atoms with Gasteiger partial charge in [-0.05, 0) is 68.3 Å². The molecule has 2 N–H and O–H groups in total. The van der Waals surface area contributed by atoms with Crippen molar-refractivity contribution >= 4 is 75.5 Å². The number of rotatable bonds is 0. The first-order valence-corrected chi connectivity index (χ1v) is 9.51. The van der Waals surface area contributed by atoms with Gasteiger partial charge in [0, 0.05) is 30.6 Å². The number of aromatic amines is 2. The van der Waals surface area contributed by atoms with Crippen molar-refractivity contribution < 1.29 is 0 Å². The first kappa shape index (κ1) is 15.8. The number of fused-ring (bicyclic) bond motifs is 4. The van der Waals surface area contributed by atoms with E-state index in [4.69, 9.17) is 0 Å². The van der Waals surface area contributed by atoms with E-state index >= 15 is 0 Å². The predicted molar refractivity (Wildman–Crippen MR) is 113 cm³/mol. The molecule has 0 aliphatic heterocycles. The molecule has 126 valence electrons. The summed E-state index contributed by atoms with van der Waals surface area (Å²) >= 11 is 6.93. The van der Waals surface area contributed by atoms with Gasteiger partial charge in [-0.25, -0.2) is 0 Å². The Morgan fingerprint density at radius 3 is 2.08 bits per heavy atom. The van der Waals surface area contributed by atoms with E-state index in [-0.39, 0.29) is 10.9 Å². The van der Waals surface area contributed by atoms with Crippen molar-refractivity contribution in [3.8, 4) is 0 Å². The smallest absolute Gasteiger partial charge is 0.198 e. The summed E-state index contributed by atoms with van der Waals surface area (Å²) in [6.45, 7) is 0. The van der Waals surface area contributed by atoms with Gasteiger partial charge >= 0.3 is 0 Å². The highest BCUT2D eigenvalue weighted by Gasteiger charge is 2.13. The molecular formula is C20H10Br2N2O2. The van der Waals surface area contributed by atoms with E-state index in [1.807, 2.05) is 30.3 Å². The predicted octanol–water partition coefficient (Wildman–Crippen LogP) is 5.20. The number of benzene rings is 3. The summed E-state index contributed by atoms with van der Waals surface area (Å²) in [4.78, 5) is 32.5. The lowest BCUT2D eigenvalue weighted by atomic mass is 10.1. The van der Waals surface area contributed by atoms with Crippen LogP contribution in [0.5, 0.6) is 0 Å². The molecule has 0 radical (unpaired) electrons. The molecule has 0 aliphatic carbocycles. The highest BCUT2D eigenvalue weighted by atomic mass is 79.9. The zero-order valence-electron chi connectivity index (χ0n) is 13.2. The monoisotopic (exact) mass is 468 g/mol. The molecule has 6 heteroatoms. The molecule has 26 heavy (non-hydrogen) atoms. The van der Waals surface area contributed by atoms with Gasteiger partial charge in [0.25, 0.3) is 0 Å². The SMILES string of the molecule is O=c1c2ccccc2[nH]c2cc3c(=O)c4c(Br)c(Br)ccc4[nH]c3cc12. The summed E-state index contributed by atoms with van der Waals surface area (Å²) in [5.74, 6) is 0. The molecule has 3 aromatic carbocycles. The first-order chi connectivity index (χ1) is 12.5. The minimum atomic E-state index is -0.0853. The summed E-state index contributed by atoms with van der Waals surface area (Å²) in [6.07, 6.45) is 0. The molecule has 2 heterocycles. The highest BCUT2D eigenvalue weighted by Crippen LogP contribution is 2.30. The van der Waals surface area contributed by atoms with E-state index < -0.39 is 0 Å². The van der Waals surface area contributed by atoms with Crippen LogP contribution in [0.3, 0.4) is 0 Å². The summed E-state index contributed by atoms with van der Waals surface area (Å²) in [5, 5.41) is 2.31. The van der Waals surface area contributed by atoms with Gasteiger partial charge in [-0.1, -0.05) is 12.1 Å². The maximum Gasteiger partial charge on any atom is 0.198 e. The van der Waals surface area contributed by atoms with Crippen LogP contribution in [0.2, 0.25) is 0 Å². The van der Waals surface area contributed by atoms with Crippen LogP contribution >= 0.6 is 31.9 Å². The van der Waals surface area contributed by atoms with Crippen LogP contribution in [0.4, 0.5) is 0 Å². The van der Waals surface area contributed by atoms with Crippen LogP contribution in [0.1, 0.15) is 0 Å². The average molecular weight is 470 g/mol. The van der Waals surface area contributed by atoms with E-state index in [1.165, 1.54) is 0 Å². The lowest BCUT2D eigenvalue weighted by molar-refractivity contribution is 1.45. The lowest BCUT2D eigenvalue weighted by Crippen LogP contribution is -2.08. The largest absolute Gasteiger partial charge is 0.354 e. The van der Waals surface area contributed by atoms with Crippen molar-refractivity contribution in [2.45, 2.75) is 0 Å². The quantitative estimate of drug-likeness (QED) is 0.306. The molecule has 0 aliphatic rings. The standard InChI is InChI=1S/C20H10Br2N2O2/c21-12-5-6-14-17(18(12)22)20(26)11-8-15-10(7-16(11)24-14)19(25)9-3-1-2-4-13(9)23-15/h1-8H,(H,23,25)(H,24,26). The molecule has 5 aromatic rings. The van der Waals surface area contributed by atoms with Gasteiger partial charge in [0.1, 0.15) is 0 Å². The summed E-state index contributed by atoms with van der Waals surface area (Å²) in [7, 11) is 0. The Kier molecular flexibility index (Phi) is 3.36. The van der Waals surface area contributed by atoms with Crippen molar-refractivity contribution in [1.29, 1.82) is 0 Å². The molecule has 0 unspecified atom stereocenters. The average Bonchev–Trinajstić information content (AvgIpc) is 2.64. The Morgan fingerprint density at radius 2 is 1.31 bits per heavy atom. The van der Waals surface area contributed by atoms with Gasteiger partial charge in [-0.3, -0.25) is 9.59 Å². The molecule has 0 saturated heterocycles. The summed E-state index contributed by atoms with van der Waals surface area (Å²) in [6, 6.07) is 14.6. The fraction of sp³-hybridized carbons (Fsp3) is 0. The van der Waals surface area contributed by atoms with Crippen molar-refractivity contribution in [2.75, 3.05) is 0 Å². The van der Waals surface area contributed by atoms with E-state index in [1.54, 1.807) is 18.2 Å². The minimum absolute atomic E-state index is 0.0471. The number of para-hydroxylation sites is 1. The van der Waals surface area contributed by atoms with Crippen molar-refractivity contribution in [3.05, 3.63) is 77.9 Å². The zero-order valence-corrected chi connectivity index (χ0v) is 16.4. The summed E-state index contributed by atoms with van der Waals surface area (Å²) < 4.78 is 1.53. The van der Waals surface area contributed by atoms with Crippen LogP contribution in [0.15, 0.2) is 67.1 Å². The van der Waals surface area contributed by atoms with Crippen LogP contribution in [-0.2, 0) is 0 Å². The Labute approximate surface area is 163 Å². The second-order valence-corrected chi connectivity index (χ2v) is 7.83. The topological polar surface area (TPSA) is 65.7 Å². The molecule has 5 rings (SSSR count). The Balaban J connectivity index is 2.03. The third-order valence-electron chi connectivity index (χ3n) is 4.68. The van der Waals surface area contributed by atoms with Gasteiger partial charge in [-0.15, -0.1) is 0 Å². The Morgan fingerprint density at radius 1 is 0.654 bits per heavy atom. The number of nitrogens with one attached hydrogen (secondary N) is 2. The van der Waals surface area contributed by atoms with Gasteiger partial charge in [-0.2, -0.15) is 0 Å². The van der Waals surface area contributed by atoms with Crippen LogP contribution in [0, 0.1) is 0 Å². The second kappa shape index (κ2) is 5.53. The molecule has 0 spiro atoms. The molecule has 0 atom stereocenters. The van der Waals surface area contributed by atoms with E-state index in [0.717, 1.165) is 9.99 Å². The molecular weight excluding hydrogens is 460 g/mol. The zero-order chi connectivity index (χ0) is 18.0. The van der Waals surface area contributed by atoms with Crippen molar-refractivity contribution in [3.63, 3.8) is 0 Å². The molecule has 0 fully saturated rings. The van der Waals surface area contributed by atoms with Crippen molar-refractivity contribution in [1.82, 2.24) is 9.97 Å². The lowest BCUT2D eigenvalue weighted by Gasteiger charge is -2.08. The van der Waals surface area contributed by atoms with Gasteiger partial charge in [0.2, 0.25) is 0 Å². The fourth-order valence-electron chi connectivity index (χ4n) is 3.42. The Hall–Kier alpha value is -2.44. The first-order valence-electron chi connectivity index (χ1n) is 7.93. The number of aromatic nitrogens is 2. The third-order valence-corrected chi connectivity index (χ3v) is 6.70. The molecule has 0 saturated carbocycles. The van der Waals surface area contributed by atoms with Crippen LogP contribution < -0.4 is 10.9 Å². The van der Waals surface area contributed by atoms with E-state index in [2.05, 4.69) is 41.8 Å². The second-order valence-electron chi connectivity index (χ2n) is 6.18. The maximum absolute atomic E-state index is 13.1. The summed E-state index contributed by atoms with van der Waals surface area (Å²) in [5.41, 5.74) is 2.63. The van der Waals surface area contributed by atoms with Gasteiger partial charge in [0.15, 0.2) is 10.9 Å². The molecule has 0 amide bonds. The minimum Gasteiger partial charge on any atom is -0.354 e. The third kappa shape index (κ3) is 2.12. The number of hydrogen-bond acceptors (Lipinski definition) is 2. The molecule has 4 nitrogen and oxygen atoms in total. The fourth-order valence-corrected chi connectivity index (χ4v) is 4.28. The van der Waals surface area contributed by atoms with Crippen LogP contribution in [-0.4, -0.2) is 9.97 Å². The van der Waals surface area contributed by atoms with Crippen LogP contribution in [0.25, 0.3) is 43.6 Å². The number of halogens is 2. The van der Waals surface area contributed by atoms with E-state index in [9.17, 15) is 9.59 Å². The highest BCUT2D eigenvalue weighted by molar-refractivity contribution is 9.13. The van der Waals surface area contributed by atoms with Gasteiger partial charge in [0.05, 0.1) is 21.9 Å². The Bertz CT molecular complexity index is 1500. The molecule has 2 aromatic heterocycles. The van der Waals surface area contributed by atoms with E-state index in [0.29, 0.717) is 42.6 Å². The normalized spacial score (nSPS) is 11.8. The van der Waals surface area contributed by atoms with Crippen molar-refractivity contribution in [2.24, 2.45) is 0 Å².